The van der Waals surface area contributed by atoms with Crippen LogP contribution in [0.25, 0.3) is 11.3 Å². The molecule has 0 radical (unpaired) electrons. The van der Waals surface area contributed by atoms with Crippen LogP contribution in [0.1, 0.15) is 16.7 Å². The second-order valence-corrected chi connectivity index (χ2v) is 7.89. The summed E-state index contributed by atoms with van der Waals surface area (Å²) in [5, 5.41) is 13.5. The molecule has 0 saturated carbocycles. The van der Waals surface area contributed by atoms with E-state index in [-0.39, 0.29) is 11.5 Å². The third kappa shape index (κ3) is 5.73. The van der Waals surface area contributed by atoms with Crippen LogP contribution in [0.4, 0.5) is 5.95 Å². The lowest BCUT2D eigenvalue weighted by Gasteiger charge is -2.07. The van der Waals surface area contributed by atoms with Gasteiger partial charge in [0.2, 0.25) is 5.95 Å². The van der Waals surface area contributed by atoms with Crippen molar-refractivity contribution in [1.29, 1.82) is 5.26 Å². The predicted molar refractivity (Wildman–Crippen MR) is 131 cm³/mol. The Balaban J connectivity index is 1.47. The van der Waals surface area contributed by atoms with Crippen LogP contribution in [-0.2, 0) is 6.61 Å². The lowest BCUT2D eigenvalue weighted by atomic mass is 10.1. The number of H-pyrrole nitrogens is 1. The largest absolute Gasteiger partial charge is 0.489 e. The first kappa shape index (κ1) is 22.0. The summed E-state index contributed by atoms with van der Waals surface area (Å²) in [6.45, 7) is 0.441. The number of halogens is 1. The van der Waals surface area contributed by atoms with E-state index in [0.717, 1.165) is 15.6 Å². The van der Waals surface area contributed by atoms with Crippen molar-refractivity contribution in [2.45, 2.75) is 6.61 Å². The Hall–Kier alpha value is -4.22. The third-order valence-corrected chi connectivity index (χ3v) is 5.11. The van der Waals surface area contributed by atoms with Crippen molar-refractivity contribution in [1.82, 2.24) is 9.97 Å². The first-order chi connectivity index (χ1) is 16.1. The number of nitrogens with zero attached hydrogens (tertiary/aromatic N) is 3. The summed E-state index contributed by atoms with van der Waals surface area (Å²) in [4.78, 5) is 19.2. The Labute approximate surface area is 198 Å². The van der Waals surface area contributed by atoms with Gasteiger partial charge in [-0.05, 0) is 35.4 Å². The summed E-state index contributed by atoms with van der Waals surface area (Å²) in [7, 11) is 0. The number of nitriles is 1. The SMILES string of the molecule is N#Cc1c(-c2ccccc2)nc(NN=Cc2cccc(OCc3cccc(Br)c3)c2)[nH]c1=O. The maximum Gasteiger partial charge on any atom is 0.270 e. The number of aromatic nitrogens is 2. The fourth-order valence-corrected chi connectivity index (χ4v) is 3.53. The summed E-state index contributed by atoms with van der Waals surface area (Å²) in [5.74, 6) is 0.839. The molecule has 33 heavy (non-hydrogen) atoms. The Kier molecular flexibility index (Phi) is 6.93. The van der Waals surface area contributed by atoms with Crippen molar-refractivity contribution in [3.63, 3.8) is 0 Å². The van der Waals surface area contributed by atoms with Crippen LogP contribution < -0.4 is 15.7 Å². The van der Waals surface area contributed by atoms with Crippen molar-refractivity contribution in [2.75, 3.05) is 5.43 Å². The highest BCUT2D eigenvalue weighted by molar-refractivity contribution is 9.10. The number of hydrogen-bond donors (Lipinski definition) is 2. The number of benzene rings is 3. The van der Waals surface area contributed by atoms with Gasteiger partial charge in [-0.2, -0.15) is 10.4 Å². The van der Waals surface area contributed by atoms with E-state index in [1.54, 1.807) is 18.3 Å². The minimum atomic E-state index is -0.535. The second kappa shape index (κ2) is 10.4. The average molecular weight is 500 g/mol. The van der Waals surface area contributed by atoms with Gasteiger partial charge in [-0.1, -0.05) is 70.5 Å². The summed E-state index contributed by atoms with van der Waals surface area (Å²) in [5.41, 5.74) is 4.95. The molecule has 0 aliphatic heterocycles. The Morgan fingerprint density at radius 2 is 1.91 bits per heavy atom. The second-order valence-electron chi connectivity index (χ2n) is 6.98. The first-order valence-corrected chi connectivity index (χ1v) is 10.8. The van der Waals surface area contributed by atoms with Crippen LogP contribution in [0.5, 0.6) is 5.75 Å². The summed E-state index contributed by atoms with van der Waals surface area (Å²) in [6.07, 6.45) is 1.59. The van der Waals surface area contributed by atoms with E-state index in [1.165, 1.54) is 0 Å². The maximum atomic E-state index is 12.3. The zero-order valence-electron chi connectivity index (χ0n) is 17.3. The molecule has 0 aliphatic carbocycles. The average Bonchev–Trinajstić information content (AvgIpc) is 2.83. The van der Waals surface area contributed by atoms with E-state index in [0.29, 0.717) is 23.6 Å². The summed E-state index contributed by atoms with van der Waals surface area (Å²) >= 11 is 3.45. The van der Waals surface area contributed by atoms with Gasteiger partial charge in [-0.3, -0.25) is 9.78 Å². The van der Waals surface area contributed by atoms with Gasteiger partial charge in [-0.25, -0.2) is 10.4 Å². The normalized spacial score (nSPS) is 10.7. The molecule has 0 fully saturated rings. The fraction of sp³-hybridized carbons (Fsp3) is 0.0400. The standard InChI is InChI=1S/C25H18BrN5O2/c26-20-10-4-7-18(12-20)16-33-21-11-5-6-17(13-21)15-28-31-25-29-23(19-8-2-1-3-9-19)22(14-27)24(32)30-25/h1-13,15H,16H2,(H2,29,30,31,32). The molecular formula is C25H18BrN5O2. The van der Waals surface area contributed by atoms with Gasteiger partial charge >= 0.3 is 0 Å². The fourth-order valence-electron chi connectivity index (χ4n) is 3.08. The van der Waals surface area contributed by atoms with E-state index in [1.807, 2.05) is 72.8 Å². The zero-order valence-corrected chi connectivity index (χ0v) is 18.9. The first-order valence-electron chi connectivity index (χ1n) is 9.98. The molecule has 0 aliphatic rings. The number of hydrazone groups is 1. The molecular weight excluding hydrogens is 482 g/mol. The van der Waals surface area contributed by atoms with Gasteiger partial charge in [0.05, 0.1) is 11.9 Å². The number of nitrogens with one attached hydrogen (secondary N) is 2. The molecule has 4 aromatic rings. The quantitative estimate of drug-likeness (QED) is 0.272. The molecule has 0 bridgehead atoms. The summed E-state index contributed by atoms with van der Waals surface area (Å²) in [6, 6.07) is 26.4. The van der Waals surface area contributed by atoms with Gasteiger partial charge in [-0.15, -0.1) is 0 Å². The van der Waals surface area contributed by atoms with E-state index in [9.17, 15) is 10.1 Å². The molecule has 0 atom stereocenters. The topological polar surface area (TPSA) is 103 Å². The molecule has 8 heteroatoms. The van der Waals surface area contributed by atoms with Gasteiger partial charge in [0.1, 0.15) is 24.0 Å². The van der Waals surface area contributed by atoms with Crippen molar-refractivity contribution in [3.8, 4) is 23.1 Å². The van der Waals surface area contributed by atoms with Crippen molar-refractivity contribution >= 4 is 28.1 Å². The van der Waals surface area contributed by atoms with Crippen LogP contribution in [0.2, 0.25) is 0 Å². The number of rotatable bonds is 7. The van der Waals surface area contributed by atoms with E-state index < -0.39 is 5.56 Å². The Bertz CT molecular complexity index is 1390. The minimum absolute atomic E-state index is 0.0500. The molecule has 0 unspecified atom stereocenters. The van der Waals surface area contributed by atoms with Crippen molar-refractivity contribution in [3.05, 3.63) is 110 Å². The highest BCUT2D eigenvalue weighted by Gasteiger charge is 2.12. The third-order valence-electron chi connectivity index (χ3n) is 4.62. The molecule has 2 N–H and O–H groups in total. The molecule has 3 aromatic carbocycles. The van der Waals surface area contributed by atoms with E-state index in [2.05, 4.69) is 36.4 Å². The number of aromatic amines is 1. The van der Waals surface area contributed by atoms with Gasteiger partial charge in [0.15, 0.2) is 0 Å². The zero-order chi connectivity index (χ0) is 23.0. The molecule has 4 rings (SSSR count). The molecule has 0 spiro atoms. The van der Waals surface area contributed by atoms with Crippen LogP contribution in [0, 0.1) is 11.3 Å². The molecule has 7 nitrogen and oxygen atoms in total. The van der Waals surface area contributed by atoms with E-state index in [4.69, 9.17) is 4.74 Å². The number of anilines is 1. The molecule has 1 aromatic heterocycles. The lowest BCUT2D eigenvalue weighted by molar-refractivity contribution is 0.306. The molecule has 0 saturated heterocycles. The van der Waals surface area contributed by atoms with Crippen molar-refractivity contribution < 1.29 is 4.74 Å². The molecule has 1 heterocycles. The van der Waals surface area contributed by atoms with Crippen LogP contribution in [0.15, 0.2) is 93.2 Å². The molecule has 162 valence electrons. The van der Waals surface area contributed by atoms with Gasteiger partial charge < -0.3 is 4.74 Å². The molecule has 0 amide bonds. The maximum absolute atomic E-state index is 12.3. The minimum Gasteiger partial charge on any atom is -0.489 e. The van der Waals surface area contributed by atoms with Gasteiger partial charge in [0.25, 0.3) is 5.56 Å². The smallest absolute Gasteiger partial charge is 0.270 e. The van der Waals surface area contributed by atoms with Crippen molar-refractivity contribution in [2.24, 2.45) is 5.10 Å². The monoisotopic (exact) mass is 499 g/mol. The number of ether oxygens (including phenoxy) is 1. The predicted octanol–water partition coefficient (Wildman–Crippen LogP) is 5.10. The summed E-state index contributed by atoms with van der Waals surface area (Å²) < 4.78 is 6.87. The van der Waals surface area contributed by atoms with Gasteiger partial charge in [0, 0.05) is 10.0 Å². The Morgan fingerprint density at radius 3 is 2.70 bits per heavy atom. The highest BCUT2D eigenvalue weighted by Crippen LogP contribution is 2.20. The lowest BCUT2D eigenvalue weighted by Crippen LogP contribution is -2.16. The number of hydrogen-bond acceptors (Lipinski definition) is 6. The Morgan fingerprint density at radius 1 is 1.09 bits per heavy atom. The van der Waals surface area contributed by atoms with E-state index >= 15 is 0 Å². The van der Waals surface area contributed by atoms with Crippen LogP contribution in [0.3, 0.4) is 0 Å². The van der Waals surface area contributed by atoms with Crippen LogP contribution in [-0.4, -0.2) is 16.2 Å². The highest BCUT2D eigenvalue weighted by atomic mass is 79.9. The van der Waals surface area contributed by atoms with Crippen LogP contribution >= 0.6 is 15.9 Å².